The summed E-state index contributed by atoms with van der Waals surface area (Å²) >= 11 is 8.01. The maximum atomic E-state index is 8.01. The molecular formula is C27H26ClOP. The molecule has 0 saturated carbocycles. The molecule has 152 valence electrons. The van der Waals surface area contributed by atoms with E-state index in [0.29, 0.717) is 13.2 Å². The van der Waals surface area contributed by atoms with Gasteiger partial charge in [-0.05, 0) is 0 Å². The summed E-state index contributed by atoms with van der Waals surface area (Å²) < 4.78 is 6.15. The van der Waals surface area contributed by atoms with E-state index in [-0.39, 0.29) is 0 Å². The van der Waals surface area contributed by atoms with E-state index in [4.69, 9.17) is 16.0 Å². The molecule has 0 atom stereocenters. The van der Waals surface area contributed by atoms with Gasteiger partial charge in [-0.2, -0.15) is 0 Å². The van der Waals surface area contributed by atoms with Crippen LogP contribution in [0.5, 0.6) is 0 Å². The van der Waals surface area contributed by atoms with Crippen molar-refractivity contribution in [1.29, 1.82) is 0 Å². The van der Waals surface area contributed by atoms with E-state index in [0.717, 1.165) is 6.16 Å². The Morgan fingerprint density at radius 2 is 0.900 bits per heavy atom. The molecule has 0 unspecified atom stereocenters. The average Bonchev–Trinajstić information content (AvgIpc) is 2.84. The maximum absolute atomic E-state index is 8.01. The number of halogens is 1. The van der Waals surface area contributed by atoms with Gasteiger partial charge in [0.25, 0.3) is 0 Å². The zero-order chi connectivity index (χ0) is 20.7. The summed E-state index contributed by atoms with van der Waals surface area (Å²) in [6.45, 7) is 1.16. The summed E-state index contributed by atoms with van der Waals surface area (Å²) in [5, 5.41) is 3.52. The van der Waals surface area contributed by atoms with Gasteiger partial charge >= 0.3 is 184 Å². The van der Waals surface area contributed by atoms with Gasteiger partial charge in [-0.3, -0.25) is 0 Å². The molecule has 4 aromatic rings. The van der Waals surface area contributed by atoms with Crippen LogP contribution in [0.3, 0.4) is 0 Å². The third-order valence-corrected chi connectivity index (χ3v) is 13.1. The molecule has 0 N–H and O–H groups in total. The van der Waals surface area contributed by atoms with Crippen molar-refractivity contribution in [3.63, 3.8) is 0 Å². The molecular weight excluding hydrogens is 407 g/mol. The predicted molar refractivity (Wildman–Crippen MR) is 132 cm³/mol. The van der Waals surface area contributed by atoms with Gasteiger partial charge in [-0.15, -0.1) is 0 Å². The van der Waals surface area contributed by atoms with E-state index < -0.39 is 5.96 Å². The van der Waals surface area contributed by atoms with Crippen molar-refractivity contribution in [3.05, 3.63) is 127 Å². The normalized spacial score (nSPS) is 12.8. The molecule has 0 aliphatic rings. The second-order valence-electron chi connectivity index (χ2n) is 7.45. The van der Waals surface area contributed by atoms with Gasteiger partial charge in [0.1, 0.15) is 0 Å². The van der Waals surface area contributed by atoms with Crippen molar-refractivity contribution in [2.45, 2.75) is 6.61 Å². The Morgan fingerprint density at radius 1 is 0.533 bits per heavy atom. The first-order chi connectivity index (χ1) is 14.7. The van der Waals surface area contributed by atoms with Crippen LogP contribution in [0.4, 0.5) is 0 Å². The molecule has 0 bridgehead atoms. The predicted octanol–water partition coefficient (Wildman–Crippen LogP) is 5.89. The minimum absolute atomic E-state index is 0.578. The fourth-order valence-electron chi connectivity index (χ4n) is 4.05. The molecule has 1 nitrogen and oxygen atoms in total. The average molecular weight is 433 g/mol. The third-order valence-electron chi connectivity index (χ3n) is 5.65. The molecule has 0 saturated heterocycles. The van der Waals surface area contributed by atoms with Crippen molar-refractivity contribution >= 4 is 33.1 Å². The van der Waals surface area contributed by atoms with Crippen LogP contribution >= 0.6 is 17.2 Å². The van der Waals surface area contributed by atoms with Crippen molar-refractivity contribution in [1.82, 2.24) is 0 Å². The first-order valence-corrected chi connectivity index (χ1v) is 13.6. The number of benzene rings is 4. The summed E-state index contributed by atoms with van der Waals surface area (Å²) in [4.78, 5) is 0. The fourth-order valence-corrected chi connectivity index (χ4v) is 9.79. The summed E-state index contributed by atoms with van der Waals surface area (Å²) in [5.74, 6) is -3.23. The number of hydrogen-bond acceptors (Lipinski definition) is 1. The number of rotatable bonds is 8. The molecule has 0 aliphatic heterocycles. The van der Waals surface area contributed by atoms with Gasteiger partial charge in [-0.25, -0.2) is 0 Å². The molecule has 30 heavy (non-hydrogen) atoms. The summed E-state index contributed by atoms with van der Waals surface area (Å²) in [6, 6.07) is 41.9. The molecule has 0 fully saturated rings. The Hall–Kier alpha value is -2.44. The van der Waals surface area contributed by atoms with Crippen LogP contribution in [0.1, 0.15) is 5.56 Å². The monoisotopic (exact) mass is 432 g/mol. The second kappa shape index (κ2) is 9.14. The quantitative estimate of drug-likeness (QED) is 0.249. The summed E-state index contributed by atoms with van der Waals surface area (Å²) in [6.07, 6.45) is 0.734. The van der Waals surface area contributed by atoms with Crippen LogP contribution < -0.4 is 15.9 Å². The van der Waals surface area contributed by atoms with Gasteiger partial charge in [-0.1, -0.05) is 0 Å². The van der Waals surface area contributed by atoms with Crippen LogP contribution in [-0.2, 0) is 11.3 Å². The molecule has 0 heterocycles. The van der Waals surface area contributed by atoms with Crippen LogP contribution in [0.15, 0.2) is 121 Å². The summed E-state index contributed by atoms with van der Waals surface area (Å²) in [7, 11) is 0. The van der Waals surface area contributed by atoms with E-state index in [9.17, 15) is 0 Å². The first-order valence-electron chi connectivity index (χ1n) is 10.2. The van der Waals surface area contributed by atoms with Crippen molar-refractivity contribution in [2.75, 3.05) is 12.8 Å². The standard InChI is InChI=1S/C27H26ClOP/c28-30(25-15-7-2-8-16-25,26-17-9-3-10-18-26,27-19-11-4-12-20-27)22-21-29-23-24-13-5-1-6-14-24/h1-20H,21-23H2. The molecule has 0 aromatic heterocycles. The van der Waals surface area contributed by atoms with Gasteiger partial charge in [0.2, 0.25) is 0 Å². The first kappa shape index (κ1) is 20.8. The van der Waals surface area contributed by atoms with Gasteiger partial charge < -0.3 is 0 Å². The second-order valence-corrected chi connectivity index (χ2v) is 14.1. The van der Waals surface area contributed by atoms with Gasteiger partial charge in [0.05, 0.1) is 0 Å². The van der Waals surface area contributed by atoms with E-state index in [2.05, 4.69) is 84.9 Å². The van der Waals surface area contributed by atoms with Crippen molar-refractivity contribution < 1.29 is 4.74 Å². The van der Waals surface area contributed by atoms with Crippen LogP contribution in [0.2, 0.25) is 0 Å². The van der Waals surface area contributed by atoms with E-state index in [1.54, 1.807) is 0 Å². The zero-order valence-corrected chi connectivity index (χ0v) is 18.6. The fraction of sp³-hybridized carbons (Fsp3) is 0.111. The SMILES string of the molecule is ClP(CCOCc1ccccc1)(c1ccccc1)(c1ccccc1)c1ccccc1. The van der Waals surface area contributed by atoms with Crippen LogP contribution in [0, 0.1) is 0 Å². The molecule has 0 amide bonds. The Labute approximate surface area is 184 Å². The van der Waals surface area contributed by atoms with Crippen LogP contribution in [-0.4, -0.2) is 12.8 Å². The molecule has 3 heteroatoms. The molecule has 0 radical (unpaired) electrons. The topological polar surface area (TPSA) is 9.23 Å². The summed E-state index contributed by atoms with van der Waals surface area (Å²) in [5.41, 5.74) is 1.17. The third kappa shape index (κ3) is 3.94. The Balaban J connectivity index is 1.77. The van der Waals surface area contributed by atoms with E-state index in [1.165, 1.54) is 21.5 Å². The van der Waals surface area contributed by atoms with Crippen molar-refractivity contribution in [3.8, 4) is 0 Å². The van der Waals surface area contributed by atoms with E-state index >= 15 is 0 Å². The van der Waals surface area contributed by atoms with E-state index in [1.807, 2.05) is 36.4 Å². The number of ether oxygens (including phenoxy) is 1. The van der Waals surface area contributed by atoms with Gasteiger partial charge in [0.15, 0.2) is 0 Å². The zero-order valence-electron chi connectivity index (χ0n) is 16.9. The Bertz CT molecular complexity index is 954. The molecule has 0 aliphatic carbocycles. The van der Waals surface area contributed by atoms with Crippen molar-refractivity contribution in [2.24, 2.45) is 0 Å². The molecule has 4 aromatic carbocycles. The number of hydrogen-bond donors (Lipinski definition) is 0. The molecule has 0 spiro atoms. The van der Waals surface area contributed by atoms with Crippen LogP contribution in [0.25, 0.3) is 0 Å². The van der Waals surface area contributed by atoms with Gasteiger partial charge in [0, 0.05) is 0 Å². The minimum atomic E-state index is -3.23. The Kier molecular flexibility index (Phi) is 6.35. The Morgan fingerprint density at radius 3 is 1.30 bits per heavy atom. The molecule has 4 rings (SSSR count).